The molecule has 3 heteroatoms. The molecule has 0 spiro atoms. The second-order valence-corrected chi connectivity index (χ2v) is 5.32. The van der Waals surface area contributed by atoms with Gasteiger partial charge in [-0.2, -0.15) is 0 Å². The molecule has 1 rings (SSSR count). The van der Waals surface area contributed by atoms with Gasteiger partial charge < -0.3 is 10.2 Å². The first-order chi connectivity index (χ1) is 10.0. The van der Waals surface area contributed by atoms with E-state index in [2.05, 4.69) is 37.2 Å². The van der Waals surface area contributed by atoms with Crippen LogP contribution in [0.25, 0.3) is 0 Å². The molecule has 0 amide bonds. The first-order valence-electron chi connectivity index (χ1n) is 7.55. The van der Waals surface area contributed by atoms with Crippen LogP contribution in [0.4, 0.5) is 10.1 Å². The van der Waals surface area contributed by atoms with Gasteiger partial charge >= 0.3 is 0 Å². The molecule has 0 aliphatic carbocycles. The van der Waals surface area contributed by atoms with Gasteiger partial charge in [0.15, 0.2) is 0 Å². The number of aryl methyl sites for hydroxylation is 1. The van der Waals surface area contributed by atoms with E-state index >= 15 is 0 Å². The number of anilines is 1. The Morgan fingerprint density at radius 2 is 1.90 bits per heavy atom. The molecule has 1 aromatic carbocycles. The van der Waals surface area contributed by atoms with Gasteiger partial charge in [0.2, 0.25) is 0 Å². The van der Waals surface area contributed by atoms with Gasteiger partial charge in [-0.1, -0.05) is 19.1 Å². The van der Waals surface area contributed by atoms with Crippen LogP contribution in [0.15, 0.2) is 37.4 Å². The van der Waals surface area contributed by atoms with Crippen LogP contribution in [-0.2, 0) is 0 Å². The number of nitrogens with one attached hydrogen (secondary N) is 1. The Labute approximate surface area is 128 Å². The normalized spacial score (nSPS) is 12.0. The molecular weight excluding hydrogens is 263 g/mol. The topological polar surface area (TPSA) is 15.3 Å². The van der Waals surface area contributed by atoms with Crippen LogP contribution < -0.4 is 10.2 Å². The van der Waals surface area contributed by atoms with E-state index in [1.165, 1.54) is 0 Å². The quantitative estimate of drug-likeness (QED) is 0.679. The van der Waals surface area contributed by atoms with Gasteiger partial charge in [-0.25, -0.2) is 4.39 Å². The number of rotatable bonds is 9. The molecule has 0 heterocycles. The first-order valence-corrected chi connectivity index (χ1v) is 7.55. The van der Waals surface area contributed by atoms with E-state index in [0.717, 1.165) is 24.2 Å². The number of halogens is 1. The second-order valence-electron chi connectivity index (χ2n) is 5.32. The van der Waals surface area contributed by atoms with Crippen LogP contribution >= 0.6 is 0 Å². The van der Waals surface area contributed by atoms with E-state index in [1.807, 2.05) is 18.2 Å². The van der Waals surface area contributed by atoms with Crippen molar-refractivity contribution >= 4 is 5.69 Å². The summed E-state index contributed by atoms with van der Waals surface area (Å²) in [6, 6.07) is 3.67. The minimum absolute atomic E-state index is 0.104. The van der Waals surface area contributed by atoms with E-state index in [9.17, 15) is 4.39 Å². The molecule has 2 nitrogen and oxygen atoms in total. The number of hydrogen-bond donors (Lipinski definition) is 1. The van der Waals surface area contributed by atoms with E-state index in [-0.39, 0.29) is 11.9 Å². The average Bonchev–Trinajstić information content (AvgIpc) is 2.47. The van der Waals surface area contributed by atoms with E-state index < -0.39 is 0 Å². The summed E-state index contributed by atoms with van der Waals surface area (Å²) in [7, 11) is 0. The predicted molar refractivity (Wildman–Crippen MR) is 90.5 cm³/mol. The van der Waals surface area contributed by atoms with Gasteiger partial charge in [0.25, 0.3) is 0 Å². The summed E-state index contributed by atoms with van der Waals surface area (Å²) in [5.41, 5.74) is 2.69. The molecule has 1 unspecified atom stereocenters. The lowest BCUT2D eigenvalue weighted by molar-refractivity contribution is 0.559. The molecule has 0 radical (unpaired) electrons. The minimum atomic E-state index is -0.156. The molecule has 0 aromatic heterocycles. The maximum Gasteiger partial charge on any atom is 0.126 e. The first kappa shape index (κ1) is 17.4. The highest BCUT2D eigenvalue weighted by Gasteiger charge is 2.17. The third-order valence-electron chi connectivity index (χ3n) is 3.51. The SMILES string of the molecule is C=CCN(CC=C)c1cc(C)c(F)cc1C(C)NCCC. The Balaban J connectivity index is 3.22. The molecule has 0 saturated carbocycles. The van der Waals surface area contributed by atoms with Crippen molar-refractivity contribution in [2.75, 3.05) is 24.5 Å². The van der Waals surface area contributed by atoms with E-state index in [1.54, 1.807) is 13.0 Å². The largest absolute Gasteiger partial charge is 0.364 e. The fourth-order valence-electron chi connectivity index (χ4n) is 2.36. The third-order valence-corrected chi connectivity index (χ3v) is 3.51. The Kier molecular flexibility index (Phi) is 7.17. The highest BCUT2D eigenvalue weighted by atomic mass is 19.1. The number of nitrogens with zero attached hydrogens (tertiary/aromatic N) is 1. The molecule has 0 aliphatic heterocycles. The molecule has 1 atom stereocenters. The van der Waals surface area contributed by atoms with Gasteiger partial charge in [0, 0.05) is 24.8 Å². The molecular formula is C18H27FN2. The van der Waals surface area contributed by atoms with Crippen LogP contribution in [0.1, 0.15) is 37.4 Å². The van der Waals surface area contributed by atoms with Crippen molar-refractivity contribution in [2.24, 2.45) is 0 Å². The highest BCUT2D eigenvalue weighted by molar-refractivity contribution is 5.58. The summed E-state index contributed by atoms with van der Waals surface area (Å²) >= 11 is 0. The van der Waals surface area contributed by atoms with Crippen molar-refractivity contribution in [3.05, 3.63) is 54.4 Å². The van der Waals surface area contributed by atoms with Crippen molar-refractivity contribution in [3.63, 3.8) is 0 Å². The minimum Gasteiger partial charge on any atom is -0.364 e. The molecule has 0 saturated heterocycles. The summed E-state index contributed by atoms with van der Waals surface area (Å²) in [4.78, 5) is 2.16. The zero-order valence-corrected chi connectivity index (χ0v) is 13.5. The summed E-state index contributed by atoms with van der Waals surface area (Å²) < 4.78 is 14.0. The van der Waals surface area contributed by atoms with Crippen molar-refractivity contribution in [1.29, 1.82) is 0 Å². The van der Waals surface area contributed by atoms with Crippen molar-refractivity contribution in [3.8, 4) is 0 Å². The molecule has 1 N–H and O–H groups in total. The smallest absolute Gasteiger partial charge is 0.126 e. The lowest BCUT2D eigenvalue weighted by Crippen LogP contribution is -2.27. The summed E-state index contributed by atoms with van der Waals surface area (Å²) in [5.74, 6) is -0.156. The van der Waals surface area contributed by atoms with Crippen LogP contribution in [0.3, 0.4) is 0 Å². The van der Waals surface area contributed by atoms with Crippen LogP contribution in [-0.4, -0.2) is 19.6 Å². The van der Waals surface area contributed by atoms with Gasteiger partial charge in [0.1, 0.15) is 5.82 Å². The number of benzene rings is 1. The molecule has 0 aliphatic rings. The van der Waals surface area contributed by atoms with Crippen LogP contribution in [0.5, 0.6) is 0 Å². The maximum atomic E-state index is 14.0. The lowest BCUT2D eigenvalue weighted by Gasteiger charge is -2.28. The fraction of sp³-hybridized carbons (Fsp3) is 0.444. The Morgan fingerprint density at radius 1 is 1.29 bits per heavy atom. The van der Waals surface area contributed by atoms with Crippen LogP contribution in [0, 0.1) is 12.7 Å². The van der Waals surface area contributed by atoms with Gasteiger partial charge in [-0.15, -0.1) is 13.2 Å². The Morgan fingerprint density at radius 3 is 2.43 bits per heavy atom. The Bertz CT molecular complexity index is 472. The van der Waals surface area contributed by atoms with E-state index in [4.69, 9.17) is 0 Å². The molecule has 0 fully saturated rings. The fourth-order valence-corrected chi connectivity index (χ4v) is 2.36. The molecule has 0 bridgehead atoms. The Hall–Kier alpha value is -1.61. The number of hydrogen-bond acceptors (Lipinski definition) is 2. The van der Waals surface area contributed by atoms with Gasteiger partial charge in [-0.3, -0.25) is 0 Å². The molecule has 116 valence electrons. The highest BCUT2D eigenvalue weighted by Crippen LogP contribution is 2.29. The summed E-state index contributed by atoms with van der Waals surface area (Å²) in [6.07, 6.45) is 4.77. The maximum absolute atomic E-state index is 14.0. The summed E-state index contributed by atoms with van der Waals surface area (Å²) in [6.45, 7) is 15.9. The van der Waals surface area contributed by atoms with Crippen molar-refractivity contribution in [2.45, 2.75) is 33.2 Å². The molecule has 1 aromatic rings. The predicted octanol–water partition coefficient (Wildman–Crippen LogP) is 4.37. The zero-order valence-electron chi connectivity index (χ0n) is 13.5. The van der Waals surface area contributed by atoms with Crippen LogP contribution in [0.2, 0.25) is 0 Å². The third kappa shape index (κ3) is 4.71. The van der Waals surface area contributed by atoms with E-state index in [0.29, 0.717) is 18.7 Å². The molecule has 21 heavy (non-hydrogen) atoms. The zero-order chi connectivity index (χ0) is 15.8. The van der Waals surface area contributed by atoms with Gasteiger partial charge in [-0.05, 0) is 50.1 Å². The lowest BCUT2D eigenvalue weighted by atomic mass is 10.0. The summed E-state index contributed by atoms with van der Waals surface area (Å²) in [5, 5.41) is 3.43. The van der Waals surface area contributed by atoms with Crippen molar-refractivity contribution < 1.29 is 4.39 Å². The van der Waals surface area contributed by atoms with Crippen molar-refractivity contribution in [1.82, 2.24) is 5.32 Å². The monoisotopic (exact) mass is 290 g/mol. The van der Waals surface area contributed by atoms with Gasteiger partial charge in [0.05, 0.1) is 0 Å². The second kappa shape index (κ2) is 8.63. The standard InChI is InChI=1S/C18H27FN2/c1-6-9-20-15(5)16-13-17(19)14(4)12-18(16)21(10-7-2)11-8-3/h7-8,12-13,15,20H,2-3,6,9-11H2,1,4-5H3. The average molecular weight is 290 g/mol.